The zero-order valence-electron chi connectivity index (χ0n) is 15.7. The first-order valence-electron chi connectivity index (χ1n) is 8.73. The molecule has 28 heavy (non-hydrogen) atoms. The van der Waals surface area contributed by atoms with Crippen LogP contribution in [0.5, 0.6) is 0 Å². The summed E-state index contributed by atoms with van der Waals surface area (Å²) in [5.41, 5.74) is 8.06. The van der Waals surface area contributed by atoms with Gasteiger partial charge in [-0.2, -0.15) is 0 Å². The van der Waals surface area contributed by atoms with Crippen molar-refractivity contribution in [2.75, 3.05) is 5.32 Å². The summed E-state index contributed by atoms with van der Waals surface area (Å²) in [6.45, 7) is 3.83. The van der Waals surface area contributed by atoms with E-state index in [0.717, 1.165) is 22.4 Å². The normalized spacial score (nSPS) is 10.5. The second kappa shape index (κ2) is 10.3. The van der Waals surface area contributed by atoms with E-state index in [1.54, 1.807) is 30.3 Å². The largest absolute Gasteiger partial charge is 0.326 e. The van der Waals surface area contributed by atoms with Crippen molar-refractivity contribution in [2.24, 2.45) is 0 Å². The van der Waals surface area contributed by atoms with Crippen molar-refractivity contribution in [3.63, 3.8) is 0 Å². The maximum atomic E-state index is 12.0. The summed E-state index contributed by atoms with van der Waals surface area (Å²) in [5.74, 6) is -1.20. The van der Waals surface area contributed by atoms with E-state index >= 15 is 0 Å². The predicted molar refractivity (Wildman–Crippen MR) is 111 cm³/mol. The van der Waals surface area contributed by atoms with Gasteiger partial charge < -0.3 is 5.32 Å². The number of hydrazine groups is 1. The molecule has 0 aliphatic heterocycles. The minimum Gasteiger partial charge on any atom is -0.326 e. The number of halogens is 1. The number of carbonyl (C=O) groups is 3. The zero-order valence-corrected chi connectivity index (χ0v) is 16.5. The van der Waals surface area contributed by atoms with Crippen LogP contribution in [0.2, 0.25) is 5.02 Å². The van der Waals surface area contributed by atoms with Gasteiger partial charge in [0.25, 0.3) is 5.91 Å². The van der Waals surface area contributed by atoms with Crippen molar-refractivity contribution in [3.05, 3.63) is 70.3 Å². The molecule has 2 rings (SSSR count). The van der Waals surface area contributed by atoms with Crippen molar-refractivity contribution in [2.45, 2.75) is 26.7 Å². The van der Waals surface area contributed by atoms with Gasteiger partial charge in [-0.05, 0) is 54.8 Å². The van der Waals surface area contributed by atoms with Gasteiger partial charge in [-0.3, -0.25) is 25.2 Å². The van der Waals surface area contributed by atoms with Crippen LogP contribution in [-0.4, -0.2) is 17.7 Å². The van der Waals surface area contributed by atoms with Crippen molar-refractivity contribution in [1.82, 2.24) is 10.9 Å². The maximum absolute atomic E-state index is 12.0. The molecule has 0 heterocycles. The van der Waals surface area contributed by atoms with Crippen molar-refractivity contribution < 1.29 is 14.4 Å². The summed E-state index contributed by atoms with van der Waals surface area (Å²) in [6.07, 6.45) is 2.85. The Morgan fingerprint density at radius 2 is 1.61 bits per heavy atom. The molecular weight excluding hydrogens is 378 g/mol. The van der Waals surface area contributed by atoms with Crippen LogP contribution in [0.25, 0.3) is 6.08 Å². The molecule has 2 aromatic carbocycles. The quantitative estimate of drug-likeness (QED) is 0.513. The smallest absolute Gasteiger partial charge is 0.262 e. The molecule has 0 aliphatic rings. The highest BCUT2D eigenvalue weighted by molar-refractivity contribution is 6.30. The Hall–Kier alpha value is -3.12. The Labute approximate surface area is 168 Å². The Bertz CT molecular complexity index is 892. The van der Waals surface area contributed by atoms with Gasteiger partial charge in [-0.1, -0.05) is 35.9 Å². The van der Waals surface area contributed by atoms with Crippen LogP contribution in [0, 0.1) is 13.8 Å². The van der Waals surface area contributed by atoms with E-state index in [4.69, 9.17) is 11.6 Å². The van der Waals surface area contributed by atoms with Gasteiger partial charge in [0.2, 0.25) is 11.8 Å². The fourth-order valence-electron chi connectivity index (χ4n) is 2.29. The molecule has 0 aromatic heterocycles. The molecule has 0 bridgehead atoms. The zero-order chi connectivity index (χ0) is 20.5. The first kappa shape index (κ1) is 21.2. The highest BCUT2D eigenvalue weighted by Gasteiger charge is 2.09. The van der Waals surface area contributed by atoms with Gasteiger partial charge in [-0.15, -0.1) is 0 Å². The molecule has 3 amide bonds. The molecule has 2 aromatic rings. The summed E-state index contributed by atoms with van der Waals surface area (Å²) in [5, 5.41) is 3.39. The number of amides is 3. The minimum absolute atomic E-state index is 0.00962. The van der Waals surface area contributed by atoms with Crippen LogP contribution in [-0.2, 0) is 14.4 Å². The fraction of sp³-hybridized carbons (Fsp3) is 0.190. The summed E-state index contributed by atoms with van der Waals surface area (Å²) >= 11 is 5.79. The van der Waals surface area contributed by atoms with Gasteiger partial charge in [0.15, 0.2) is 0 Å². The molecule has 0 spiro atoms. The molecule has 0 saturated carbocycles. The highest BCUT2D eigenvalue weighted by atomic mass is 35.5. The highest BCUT2D eigenvalue weighted by Crippen LogP contribution is 2.16. The van der Waals surface area contributed by atoms with Crippen molar-refractivity contribution in [1.29, 1.82) is 0 Å². The van der Waals surface area contributed by atoms with Crippen LogP contribution >= 0.6 is 11.6 Å². The second-order valence-corrected chi connectivity index (χ2v) is 6.73. The minimum atomic E-state index is -0.483. The van der Waals surface area contributed by atoms with E-state index in [-0.39, 0.29) is 18.7 Å². The average molecular weight is 400 g/mol. The van der Waals surface area contributed by atoms with Crippen LogP contribution in [0.1, 0.15) is 29.5 Å². The number of rotatable bonds is 6. The van der Waals surface area contributed by atoms with E-state index in [1.807, 2.05) is 32.0 Å². The van der Waals surface area contributed by atoms with E-state index in [2.05, 4.69) is 16.2 Å². The third kappa shape index (κ3) is 7.25. The molecule has 0 atom stereocenters. The summed E-state index contributed by atoms with van der Waals surface area (Å²) in [4.78, 5) is 35.5. The van der Waals surface area contributed by atoms with Gasteiger partial charge in [-0.25, -0.2) is 0 Å². The monoisotopic (exact) mass is 399 g/mol. The summed E-state index contributed by atoms with van der Waals surface area (Å²) in [7, 11) is 0. The topological polar surface area (TPSA) is 87.3 Å². The summed E-state index contributed by atoms with van der Waals surface area (Å²) < 4.78 is 0. The molecule has 0 saturated heterocycles. The molecule has 3 N–H and O–H groups in total. The van der Waals surface area contributed by atoms with Crippen LogP contribution < -0.4 is 16.2 Å². The van der Waals surface area contributed by atoms with E-state index in [0.29, 0.717) is 5.02 Å². The molecule has 0 aliphatic carbocycles. The first-order chi connectivity index (χ1) is 13.3. The molecule has 0 fully saturated rings. The SMILES string of the molecule is Cc1ccc(C)c(NC(=O)CCC(=O)NNC(=O)/C=C/c2ccc(Cl)cc2)c1. The average Bonchev–Trinajstić information content (AvgIpc) is 2.67. The van der Waals surface area contributed by atoms with Crippen LogP contribution in [0.4, 0.5) is 5.69 Å². The summed E-state index contributed by atoms with van der Waals surface area (Å²) in [6, 6.07) is 12.7. The number of nitrogens with one attached hydrogen (secondary N) is 3. The van der Waals surface area contributed by atoms with Gasteiger partial charge >= 0.3 is 0 Å². The van der Waals surface area contributed by atoms with Crippen LogP contribution in [0.15, 0.2) is 48.5 Å². The molecule has 6 nitrogen and oxygen atoms in total. The Morgan fingerprint density at radius 3 is 2.32 bits per heavy atom. The number of aryl methyl sites for hydroxylation is 2. The van der Waals surface area contributed by atoms with Gasteiger partial charge in [0.1, 0.15) is 0 Å². The molecule has 7 heteroatoms. The van der Waals surface area contributed by atoms with E-state index in [1.165, 1.54) is 6.08 Å². The molecular formula is C21H22ClN3O3. The number of hydrogen-bond acceptors (Lipinski definition) is 3. The maximum Gasteiger partial charge on any atom is 0.262 e. The molecule has 0 radical (unpaired) electrons. The lowest BCUT2D eigenvalue weighted by molar-refractivity contribution is -0.128. The lowest BCUT2D eigenvalue weighted by Gasteiger charge is -2.09. The third-order valence-electron chi connectivity index (χ3n) is 3.87. The predicted octanol–water partition coefficient (Wildman–Crippen LogP) is 3.54. The Morgan fingerprint density at radius 1 is 0.929 bits per heavy atom. The first-order valence-corrected chi connectivity index (χ1v) is 9.11. The van der Waals surface area contributed by atoms with Gasteiger partial charge in [0, 0.05) is 29.6 Å². The van der Waals surface area contributed by atoms with E-state index < -0.39 is 11.8 Å². The molecule has 0 unspecified atom stereocenters. The number of carbonyl (C=O) groups excluding carboxylic acids is 3. The number of anilines is 1. The fourth-order valence-corrected chi connectivity index (χ4v) is 2.42. The molecule has 146 valence electrons. The van der Waals surface area contributed by atoms with Crippen LogP contribution in [0.3, 0.4) is 0 Å². The Kier molecular flexibility index (Phi) is 7.77. The standard InChI is InChI=1S/C21H22ClN3O3/c1-14-3-4-15(2)18(13-14)23-19(26)11-12-21(28)25-24-20(27)10-7-16-5-8-17(22)9-6-16/h3-10,13H,11-12H2,1-2H3,(H,23,26)(H,24,27)(H,25,28)/b10-7+. The number of benzene rings is 2. The second-order valence-electron chi connectivity index (χ2n) is 6.29. The lowest BCUT2D eigenvalue weighted by Crippen LogP contribution is -2.41. The van der Waals surface area contributed by atoms with E-state index in [9.17, 15) is 14.4 Å². The van der Waals surface area contributed by atoms with Gasteiger partial charge in [0.05, 0.1) is 0 Å². The third-order valence-corrected chi connectivity index (χ3v) is 4.12. The Balaban J connectivity index is 1.71. The number of hydrogen-bond donors (Lipinski definition) is 3. The van der Waals surface area contributed by atoms with Crippen molar-refractivity contribution in [3.8, 4) is 0 Å². The van der Waals surface area contributed by atoms with Crippen molar-refractivity contribution >= 4 is 41.1 Å². The lowest BCUT2D eigenvalue weighted by atomic mass is 10.1.